The van der Waals surface area contributed by atoms with Crippen LogP contribution in [0.5, 0.6) is 0 Å². The molecule has 0 bridgehead atoms. The summed E-state index contributed by atoms with van der Waals surface area (Å²) in [4.78, 5) is 174. The Morgan fingerprint density at radius 1 is 0.412 bits per heavy atom. The van der Waals surface area contributed by atoms with Crippen molar-refractivity contribution in [2.75, 3.05) is 65.6 Å². The second kappa shape index (κ2) is 44.6. The van der Waals surface area contributed by atoms with Gasteiger partial charge in [-0.15, -0.1) is 5.17 Å². The first-order valence-electron chi connectivity index (χ1n) is 26.6. The van der Waals surface area contributed by atoms with E-state index in [1.807, 2.05) is 21.3 Å². The lowest BCUT2D eigenvalue weighted by atomic mass is 10.1. The van der Waals surface area contributed by atoms with Gasteiger partial charge in [0.15, 0.2) is 12.2 Å². The van der Waals surface area contributed by atoms with Gasteiger partial charge in [-0.25, -0.2) is 25.1 Å². The fraction of sp³-hybridized carbons (Fsp3) is 0.696. The predicted octanol–water partition coefficient (Wildman–Crippen LogP) is -11.3. The number of rotatable bonds is 51. The molecule has 10 atom stereocenters. The van der Waals surface area contributed by atoms with E-state index < -0.39 is 133 Å². The minimum absolute atomic E-state index is 0.0334. The number of carbonyl (C=O) groups excluding carboxylic acids is 12. The van der Waals surface area contributed by atoms with E-state index in [1.54, 1.807) is 0 Å². The fourth-order valence-electron chi connectivity index (χ4n) is 7.37. The number of amides is 12. The highest BCUT2D eigenvalue weighted by Gasteiger charge is 2.39. The predicted molar refractivity (Wildman–Crippen MR) is 284 cm³/mol. The molecule has 24 N–H and O–H groups in total. The summed E-state index contributed by atoms with van der Waals surface area (Å²) in [5.74, 6) is -13.5. The van der Waals surface area contributed by atoms with E-state index in [2.05, 4.69) is 37.3 Å². The number of hydrogen-bond donors (Lipinski definition) is 22. The number of hydroxylamine groups is 5. The summed E-state index contributed by atoms with van der Waals surface area (Å²) in [6, 6.07) is -14.5. The number of carboxylic acid groups (broad SMARTS) is 2. The third-order valence-corrected chi connectivity index (χ3v) is 12.1. The summed E-state index contributed by atoms with van der Waals surface area (Å²) < 4.78 is 0. The van der Waals surface area contributed by atoms with Crippen molar-refractivity contribution < 1.29 is 113 Å². The number of nitrogens with zero attached hydrogens (tertiary/aromatic N) is 3. The molecule has 0 rings (SSSR count). The number of nitrogens with one attached hydrogen (secondary N) is 11. The van der Waals surface area contributed by atoms with Crippen LogP contribution in [0.15, 0.2) is 0 Å². The van der Waals surface area contributed by atoms with Crippen LogP contribution in [0.3, 0.4) is 0 Å². The molecule has 85 heavy (non-hydrogen) atoms. The molecule has 0 heterocycles. The van der Waals surface area contributed by atoms with Crippen molar-refractivity contribution in [1.29, 1.82) is 0 Å². The molecular formula is C46H82N16O23. The maximum Gasteiger partial charge on any atom is 0.335 e. The molecule has 484 valence electrons. The summed E-state index contributed by atoms with van der Waals surface area (Å²) in [6.45, 7) is -2.48. The van der Waals surface area contributed by atoms with Gasteiger partial charge >= 0.3 is 11.9 Å². The normalized spacial score (nSPS) is 14.5. The van der Waals surface area contributed by atoms with E-state index in [4.69, 9.17) is 11.5 Å². The highest BCUT2D eigenvalue weighted by Crippen LogP contribution is 2.08. The molecule has 12 amide bonds. The Bertz CT molecular complexity index is 2140. The lowest BCUT2D eigenvalue weighted by molar-refractivity contribution is -0.153. The number of unbranched alkanes of at least 4 members (excludes halogenated alkanes) is 2. The van der Waals surface area contributed by atoms with Crippen LogP contribution in [0.1, 0.15) is 77.0 Å². The SMILES string of the molecule is NCCCCNC(=O)C(CCCN(O)C=O)NC(=O)C(CO)NC(=O)C(NC(=O)C(CCCNN(O)CCCC(NC=O)C(=O)NC(C(=O)NC(CO)C(=O)NC(CCCN(O)C=O)C(=O)NCCCCN)C(O)C(=O)O)NC=O)C(O)C(=O)O. The Morgan fingerprint density at radius 3 is 1.09 bits per heavy atom. The summed E-state index contributed by atoms with van der Waals surface area (Å²) in [5.41, 5.74) is 13.4. The van der Waals surface area contributed by atoms with E-state index in [0.29, 0.717) is 43.9 Å². The Hall–Kier alpha value is -7.86. The molecule has 0 fully saturated rings. The summed E-state index contributed by atoms with van der Waals surface area (Å²) in [5, 5.41) is 112. The molecule has 0 spiro atoms. The number of hydrogen-bond acceptors (Lipinski definition) is 25. The number of aliphatic hydroxyl groups excluding tert-OH is 4. The van der Waals surface area contributed by atoms with Gasteiger partial charge < -0.3 is 95.3 Å². The first-order chi connectivity index (χ1) is 40.4. The molecule has 0 aliphatic heterocycles. The quantitative estimate of drug-likeness (QED) is 0.0116. The van der Waals surface area contributed by atoms with Crippen molar-refractivity contribution in [2.24, 2.45) is 11.5 Å². The Balaban J connectivity index is 5.83. The Labute approximate surface area is 485 Å². The molecule has 0 radical (unpaired) electrons. The van der Waals surface area contributed by atoms with Crippen molar-refractivity contribution in [2.45, 2.75) is 138 Å². The molecule has 0 aromatic carbocycles. The van der Waals surface area contributed by atoms with Crippen LogP contribution in [-0.2, 0) is 67.1 Å². The lowest BCUT2D eigenvalue weighted by Gasteiger charge is -2.27. The van der Waals surface area contributed by atoms with Gasteiger partial charge in [0.2, 0.25) is 72.9 Å². The van der Waals surface area contributed by atoms with Crippen molar-refractivity contribution in [3.05, 3.63) is 0 Å². The van der Waals surface area contributed by atoms with E-state index >= 15 is 0 Å². The Kier molecular flexibility index (Phi) is 40.5. The highest BCUT2D eigenvalue weighted by atomic mass is 16.5. The number of aliphatic carboxylic acids is 2. The lowest BCUT2D eigenvalue weighted by Crippen LogP contribution is -2.62. The number of hydrazine groups is 1. The maximum atomic E-state index is 13.4. The van der Waals surface area contributed by atoms with E-state index in [9.17, 15) is 113 Å². The van der Waals surface area contributed by atoms with Gasteiger partial charge in [0.1, 0.15) is 48.3 Å². The second-order valence-electron chi connectivity index (χ2n) is 18.5. The zero-order valence-corrected chi connectivity index (χ0v) is 46.4. The number of carbonyl (C=O) groups is 14. The highest BCUT2D eigenvalue weighted by molar-refractivity contribution is 5.99. The fourth-order valence-corrected chi connectivity index (χ4v) is 7.37. The van der Waals surface area contributed by atoms with Crippen molar-refractivity contribution in [1.82, 2.24) is 73.9 Å². The van der Waals surface area contributed by atoms with E-state index in [0.717, 1.165) is 0 Å². The Morgan fingerprint density at radius 2 is 0.753 bits per heavy atom. The molecule has 39 heteroatoms. The van der Waals surface area contributed by atoms with Crippen molar-refractivity contribution in [3.63, 3.8) is 0 Å². The monoisotopic (exact) mass is 1230 g/mol. The van der Waals surface area contributed by atoms with Gasteiger partial charge in [0, 0.05) is 39.3 Å². The van der Waals surface area contributed by atoms with E-state index in [1.165, 1.54) is 0 Å². The van der Waals surface area contributed by atoms with Crippen LogP contribution < -0.4 is 70.1 Å². The van der Waals surface area contributed by atoms with Crippen LogP contribution in [0, 0.1) is 0 Å². The van der Waals surface area contributed by atoms with Crippen LogP contribution >= 0.6 is 0 Å². The topological polar surface area (TPSA) is 615 Å². The minimum atomic E-state index is -2.70. The summed E-state index contributed by atoms with van der Waals surface area (Å²) in [6.07, 6.45) is -4.43. The molecule has 0 aliphatic rings. The average Bonchev–Trinajstić information content (AvgIpc) is 3.69. The van der Waals surface area contributed by atoms with Gasteiger partial charge in [-0.3, -0.25) is 73.2 Å². The molecule has 0 aromatic heterocycles. The zero-order chi connectivity index (χ0) is 64.4. The largest absolute Gasteiger partial charge is 0.479 e. The number of aliphatic hydroxyl groups is 4. The third kappa shape index (κ3) is 31.6. The second-order valence-corrected chi connectivity index (χ2v) is 18.5. The zero-order valence-electron chi connectivity index (χ0n) is 46.4. The molecule has 0 aliphatic carbocycles. The van der Waals surface area contributed by atoms with Gasteiger partial charge in [0.05, 0.1) is 13.2 Å². The standard InChI is InChI=1S/C46H82N16O23/c47-13-1-3-15-49-37(71)29(11-6-18-60(83)25-67)54-41(75)31(21-63)56-43(77)33(35(69)45(79)80)58-39(73)27(51-23-65)9-5-17-53-62(85)20-8-10-28(52-24-66)40(74)59-34(36(70)46(81)82)44(78)57-32(22-64)42(76)55-30(12-7-19-61(84)26-68)38(72)50-16-4-2-14-48/h23-36,53,63-64,69-70,83-85H,1-22,47-48H2,(H,49,71)(H,50,72)(H,51,65)(H,52,66)(H,54,75)(H,55,76)(H,56,77)(H,57,78)(H,58,73)(H,59,74)(H,79,80)(H,81,82). The van der Waals surface area contributed by atoms with E-state index in [-0.39, 0.29) is 126 Å². The van der Waals surface area contributed by atoms with Crippen LogP contribution in [0.2, 0.25) is 0 Å². The first kappa shape index (κ1) is 77.1. The molecular weight excluding hydrogens is 1140 g/mol. The van der Waals surface area contributed by atoms with Gasteiger partial charge in [-0.2, -0.15) is 0 Å². The number of nitrogens with two attached hydrogens (primary N) is 2. The third-order valence-electron chi connectivity index (χ3n) is 12.1. The summed E-state index contributed by atoms with van der Waals surface area (Å²) in [7, 11) is 0. The molecule has 0 saturated carbocycles. The van der Waals surface area contributed by atoms with Crippen molar-refractivity contribution in [3.8, 4) is 0 Å². The minimum Gasteiger partial charge on any atom is -0.479 e. The molecule has 10 unspecified atom stereocenters. The number of carboxylic acids is 2. The smallest absolute Gasteiger partial charge is 0.335 e. The first-order valence-corrected chi connectivity index (χ1v) is 26.6. The molecule has 0 aromatic rings. The van der Waals surface area contributed by atoms with Crippen LogP contribution in [-0.4, -0.2) is 273 Å². The van der Waals surface area contributed by atoms with Crippen LogP contribution in [0.25, 0.3) is 0 Å². The van der Waals surface area contributed by atoms with Crippen LogP contribution in [0.4, 0.5) is 0 Å². The van der Waals surface area contributed by atoms with Gasteiger partial charge in [0.25, 0.3) is 0 Å². The molecule has 0 saturated heterocycles. The van der Waals surface area contributed by atoms with Crippen molar-refractivity contribution >= 4 is 84.8 Å². The molecule has 39 nitrogen and oxygen atoms in total. The van der Waals surface area contributed by atoms with Gasteiger partial charge in [-0.05, 0) is 90.1 Å². The van der Waals surface area contributed by atoms with Gasteiger partial charge in [-0.1, -0.05) is 0 Å². The average molecular weight is 1230 g/mol. The maximum absolute atomic E-state index is 13.4. The summed E-state index contributed by atoms with van der Waals surface area (Å²) >= 11 is 0.